The summed E-state index contributed by atoms with van der Waals surface area (Å²) in [6, 6.07) is 14.3. The van der Waals surface area contributed by atoms with Crippen LogP contribution in [0.25, 0.3) is 11.6 Å². The molecular weight excluding hydrogens is 549 g/mol. The molecule has 3 aliphatic rings. The van der Waals surface area contributed by atoms with Crippen LogP contribution in [0, 0.1) is 29.5 Å². The number of halogens is 1. The first kappa shape index (κ1) is 30.7. The molecule has 8 heteroatoms. The number of aliphatic carboxylic acids is 1. The van der Waals surface area contributed by atoms with Gasteiger partial charge in [0.15, 0.2) is 11.6 Å². The van der Waals surface area contributed by atoms with Gasteiger partial charge in [-0.1, -0.05) is 68.3 Å². The third-order valence-electron chi connectivity index (χ3n) is 9.14. The van der Waals surface area contributed by atoms with E-state index in [0.29, 0.717) is 57.2 Å². The molecule has 2 saturated heterocycles. The Morgan fingerprint density at radius 1 is 1.05 bits per heavy atom. The van der Waals surface area contributed by atoms with Gasteiger partial charge in [-0.25, -0.2) is 4.39 Å². The number of hydrogen-bond donors (Lipinski definition) is 2. The number of likely N-dealkylation sites (tertiary alicyclic amines) is 1. The summed E-state index contributed by atoms with van der Waals surface area (Å²) in [5.74, 6) is -2.84. The van der Waals surface area contributed by atoms with Crippen molar-refractivity contribution in [3.63, 3.8) is 0 Å². The van der Waals surface area contributed by atoms with Gasteiger partial charge in [-0.3, -0.25) is 19.3 Å². The highest BCUT2D eigenvalue weighted by Crippen LogP contribution is 2.51. The van der Waals surface area contributed by atoms with Crippen molar-refractivity contribution in [1.82, 2.24) is 4.90 Å². The highest BCUT2D eigenvalue weighted by Gasteiger charge is 2.56. The number of fused-ring (bicyclic) bond motifs is 3. The monoisotopic (exact) mass is 589 g/mol. The lowest BCUT2D eigenvalue weighted by Gasteiger charge is -2.33. The van der Waals surface area contributed by atoms with Gasteiger partial charge in [0.25, 0.3) is 0 Å². The largest absolute Gasteiger partial charge is 0.505 e. The topological polar surface area (TPSA) is 104 Å². The lowest BCUT2D eigenvalue weighted by atomic mass is 9.67. The molecule has 2 fully saturated rings. The minimum atomic E-state index is -0.837. The molecule has 43 heavy (non-hydrogen) atoms. The van der Waals surface area contributed by atoms with Gasteiger partial charge in [-0.15, -0.1) is 0 Å². The van der Waals surface area contributed by atoms with Crippen molar-refractivity contribution < 1.29 is 33.7 Å². The van der Waals surface area contributed by atoms with Crippen molar-refractivity contribution in [2.45, 2.75) is 64.9 Å². The average Bonchev–Trinajstić information content (AvgIpc) is 3.51. The summed E-state index contributed by atoms with van der Waals surface area (Å²) < 4.78 is 20.5. The lowest BCUT2D eigenvalue weighted by molar-refractivity contribution is -0.141. The number of amides is 2. The molecule has 5 rings (SSSR count). The van der Waals surface area contributed by atoms with E-state index in [1.165, 1.54) is 28.2 Å². The second-order valence-electron chi connectivity index (χ2n) is 12.2. The third kappa shape index (κ3) is 6.59. The molecular formula is C35H40FNO6. The van der Waals surface area contributed by atoms with Crippen molar-refractivity contribution in [2.24, 2.45) is 23.7 Å². The molecule has 228 valence electrons. The highest BCUT2D eigenvalue weighted by molar-refractivity contribution is 6.06. The van der Waals surface area contributed by atoms with Crippen LogP contribution >= 0.6 is 0 Å². The number of carboxylic acids is 1. The summed E-state index contributed by atoms with van der Waals surface area (Å²) in [7, 11) is 0. The Balaban J connectivity index is 1.34. The van der Waals surface area contributed by atoms with Gasteiger partial charge in [0, 0.05) is 18.9 Å². The molecule has 1 aliphatic carbocycles. The van der Waals surface area contributed by atoms with Gasteiger partial charge in [0.2, 0.25) is 11.8 Å². The fourth-order valence-electron chi connectivity index (χ4n) is 7.02. The van der Waals surface area contributed by atoms with E-state index >= 15 is 0 Å². The number of imide groups is 1. The van der Waals surface area contributed by atoms with Gasteiger partial charge in [-0.05, 0) is 72.4 Å². The quantitative estimate of drug-likeness (QED) is 0.127. The maximum Gasteiger partial charge on any atom is 0.303 e. The average molecular weight is 590 g/mol. The fraction of sp³-hybridized carbons (Fsp3) is 0.457. The Morgan fingerprint density at radius 2 is 1.81 bits per heavy atom. The summed E-state index contributed by atoms with van der Waals surface area (Å²) >= 11 is 0. The van der Waals surface area contributed by atoms with Gasteiger partial charge >= 0.3 is 5.97 Å². The summed E-state index contributed by atoms with van der Waals surface area (Å²) in [4.78, 5) is 39.3. The second-order valence-corrected chi connectivity index (χ2v) is 12.2. The highest BCUT2D eigenvalue weighted by atomic mass is 19.1. The molecule has 2 aliphatic heterocycles. The first-order valence-electron chi connectivity index (χ1n) is 15.3. The Kier molecular flexibility index (Phi) is 9.45. The van der Waals surface area contributed by atoms with Crippen molar-refractivity contribution in [2.75, 3.05) is 13.2 Å². The number of carboxylic acid groups (broad SMARTS) is 1. The number of phenols is 1. The molecule has 2 N–H and O–H groups in total. The van der Waals surface area contributed by atoms with E-state index in [1.54, 1.807) is 6.07 Å². The number of carbonyl (C=O) groups excluding carboxylic acids is 2. The Hall–Kier alpha value is -3.78. The first-order chi connectivity index (χ1) is 20.7. The molecule has 2 aromatic rings. The van der Waals surface area contributed by atoms with Crippen molar-refractivity contribution in [1.29, 1.82) is 0 Å². The molecule has 0 bridgehead atoms. The van der Waals surface area contributed by atoms with Crippen LogP contribution in [0.2, 0.25) is 0 Å². The normalized spacial score (nSPS) is 23.7. The van der Waals surface area contributed by atoms with Crippen molar-refractivity contribution >= 4 is 29.4 Å². The molecule has 2 heterocycles. The van der Waals surface area contributed by atoms with E-state index in [1.807, 2.05) is 36.4 Å². The van der Waals surface area contributed by atoms with Crippen molar-refractivity contribution in [3.8, 4) is 5.75 Å². The molecule has 4 atom stereocenters. The minimum absolute atomic E-state index is 0.0893. The summed E-state index contributed by atoms with van der Waals surface area (Å²) in [6.45, 7) is 4.99. The number of unbranched alkanes of at least 4 members (excludes halogenated alkanes) is 2. The number of nitrogens with zero attached hydrogens (tertiary/aromatic N) is 1. The number of rotatable bonds is 12. The van der Waals surface area contributed by atoms with Crippen LogP contribution in [0.5, 0.6) is 5.75 Å². The van der Waals surface area contributed by atoms with E-state index < -0.39 is 17.7 Å². The fourth-order valence-corrected chi connectivity index (χ4v) is 7.02. The Morgan fingerprint density at radius 3 is 2.51 bits per heavy atom. The lowest BCUT2D eigenvalue weighted by Crippen LogP contribution is -2.35. The molecule has 0 saturated carbocycles. The SMILES string of the molecule is CC(C)C1=C2[C@@H](CC/C(=C/c3ccc(O)c(F)c3)c3ccccc3)OC[C@@H]2[C@@H]2C(=O)N(CCCCCC(=O)O)C(=O)[C@@H]2C1. The second kappa shape index (κ2) is 13.2. The van der Waals surface area contributed by atoms with Crippen molar-refractivity contribution in [3.05, 3.63) is 76.6 Å². The molecule has 2 aromatic carbocycles. The van der Waals surface area contributed by atoms with E-state index in [9.17, 15) is 23.9 Å². The predicted octanol–water partition coefficient (Wildman–Crippen LogP) is 6.47. The molecule has 0 radical (unpaired) electrons. The zero-order valence-electron chi connectivity index (χ0n) is 24.8. The van der Waals surface area contributed by atoms with Crippen LogP contribution in [0.15, 0.2) is 59.7 Å². The zero-order chi connectivity index (χ0) is 30.7. The molecule has 2 amide bonds. The first-order valence-corrected chi connectivity index (χ1v) is 15.3. The number of carbonyl (C=O) groups is 3. The van der Waals surface area contributed by atoms with Crippen LogP contribution in [0.1, 0.15) is 69.9 Å². The maximum atomic E-state index is 14.1. The van der Waals surface area contributed by atoms with E-state index in [2.05, 4.69) is 13.8 Å². The number of aromatic hydroxyl groups is 1. The number of ether oxygens (including phenoxy) is 1. The third-order valence-corrected chi connectivity index (χ3v) is 9.14. The standard InChI is InChI=1S/C35H40FNO6/c1-21(2)25-19-26-33(35(42)37(34(26)41)16-8-4-7-11-31(39)40)27-20-43-30(32(25)27)15-13-24(23-9-5-3-6-10-23)17-22-12-14-29(38)28(36)18-22/h3,5-6,9-10,12,14,17-18,21,26-27,30,33,38H,4,7-8,11,13,15-16,19-20H2,1-2H3,(H,39,40)/b24-17-/t26-,27+,30-,33-/m1/s1. The summed E-state index contributed by atoms with van der Waals surface area (Å²) in [5, 5.41) is 18.5. The smallest absolute Gasteiger partial charge is 0.303 e. The number of allylic oxidation sites excluding steroid dienone is 2. The van der Waals surface area contributed by atoms with E-state index in [4.69, 9.17) is 9.84 Å². The predicted molar refractivity (Wildman–Crippen MR) is 161 cm³/mol. The van der Waals surface area contributed by atoms with Crippen LogP contribution in [-0.2, 0) is 19.1 Å². The van der Waals surface area contributed by atoms with Gasteiger partial charge in [-0.2, -0.15) is 0 Å². The molecule has 0 spiro atoms. The summed E-state index contributed by atoms with van der Waals surface area (Å²) in [5.41, 5.74) is 5.06. The van der Waals surface area contributed by atoms with Crippen LogP contribution in [0.3, 0.4) is 0 Å². The molecule has 0 unspecified atom stereocenters. The Labute approximate surface area is 252 Å². The van der Waals surface area contributed by atoms with Crippen LogP contribution in [-0.4, -0.2) is 52.2 Å². The van der Waals surface area contributed by atoms with Crippen LogP contribution < -0.4 is 0 Å². The number of benzene rings is 2. The summed E-state index contributed by atoms with van der Waals surface area (Å²) in [6.07, 6.45) is 5.52. The molecule has 7 nitrogen and oxygen atoms in total. The van der Waals surface area contributed by atoms with Gasteiger partial charge in [0.05, 0.1) is 24.5 Å². The number of hydrogen-bond acceptors (Lipinski definition) is 5. The minimum Gasteiger partial charge on any atom is -0.505 e. The Bertz CT molecular complexity index is 1430. The maximum absolute atomic E-state index is 14.1. The van der Waals surface area contributed by atoms with Crippen LogP contribution in [0.4, 0.5) is 4.39 Å². The zero-order valence-corrected chi connectivity index (χ0v) is 24.8. The van der Waals surface area contributed by atoms with Gasteiger partial charge < -0.3 is 14.9 Å². The van der Waals surface area contributed by atoms with Gasteiger partial charge in [0.1, 0.15) is 0 Å². The molecule has 0 aromatic heterocycles. The van der Waals surface area contributed by atoms with E-state index in [0.717, 1.165) is 11.1 Å². The number of phenolic OH excluding ortho intramolecular Hbond substituents is 1. The van der Waals surface area contributed by atoms with E-state index in [-0.39, 0.29) is 47.8 Å².